The molecule has 9 heteroatoms. The van der Waals surface area contributed by atoms with E-state index in [-0.39, 0.29) is 11.6 Å². The van der Waals surface area contributed by atoms with Crippen LogP contribution in [0, 0.1) is 17.0 Å². The summed E-state index contributed by atoms with van der Waals surface area (Å²) < 4.78 is 5.57. The van der Waals surface area contributed by atoms with Gasteiger partial charge in [0.1, 0.15) is 18.3 Å². The van der Waals surface area contributed by atoms with Gasteiger partial charge in [-0.15, -0.1) is 0 Å². The van der Waals surface area contributed by atoms with Crippen LogP contribution in [0.5, 0.6) is 0 Å². The van der Waals surface area contributed by atoms with Gasteiger partial charge in [0.15, 0.2) is 4.67 Å². The molecule has 0 spiro atoms. The van der Waals surface area contributed by atoms with Gasteiger partial charge in [-0.3, -0.25) is 14.9 Å². The highest BCUT2D eigenvalue weighted by Gasteiger charge is 2.16. The van der Waals surface area contributed by atoms with E-state index < -0.39 is 4.92 Å². The summed E-state index contributed by atoms with van der Waals surface area (Å²) in [7, 11) is 3.52. The van der Waals surface area contributed by atoms with Crippen molar-refractivity contribution in [1.82, 2.24) is 9.88 Å². The number of nitro groups is 1. The molecule has 2 aromatic heterocycles. The number of halogens is 1. The van der Waals surface area contributed by atoms with Gasteiger partial charge in [-0.05, 0) is 28.9 Å². The lowest BCUT2D eigenvalue weighted by Gasteiger charge is -2.23. The molecule has 2 heterocycles. The SMILES string of the molecule is Cc1cc(N(C)CCN(C)C(=O)c2coc(Br)c2)ncc1[N+](=O)[O-]. The van der Waals surface area contributed by atoms with E-state index in [0.29, 0.717) is 34.7 Å². The number of amides is 1. The summed E-state index contributed by atoms with van der Waals surface area (Å²) in [6.07, 6.45) is 2.65. The summed E-state index contributed by atoms with van der Waals surface area (Å²) in [6.45, 7) is 2.67. The number of furan rings is 1. The minimum atomic E-state index is -0.457. The van der Waals surface area contributed by atoms with Gasteiger partial charge >= 0.3 is 0 Å². The van der Waals surface area contributed by atoms with Crippen molar-refractivity contribution < 1.29 is 14.1 Å². The molecule has 2 rings (SSSR count). The molecule has 0 atom stereocenters. The number of carbonyl (C=O) groups excluding carboxylic acids is 1. The maximum Gasteiger partial charge on any atom is 0.290 e. The molecule has 0 fully saturated rings. The van der Waals surface area contributed by atoms with Gasteiger partial charge in [-0.1, -0.05) is 0 Å². The van der Waals surface area contributed by atoms with Gasteiger partial charge in [0.25, 0.3) is 11.6 Å². The predicted molar refractivity (Wildman–Crippen MR) is 92.3 cm³/mol. The summed E-state index contributed by atoms with van der Waals surface area (Å²) >= 11 is 3.16. The number of likely N-dealkylation sites (N-methyl/N-ethyl adjacent to an activating group) is 2. The minimum absolute atomic E-state index is 0.00928. The minimum Gasteiger partial charge on any atom is -0.457 e. The van der Waals surface area contributed by atoms with Crippen molar-refractivity contribution >= 4 is 33.3 Å². The number of pyridine rings is 1. The van der Waals surface area contributed by atoms with Crippen molar-refractivity contribution in [1.29, 1.82) is 0 Å². The highest BCUT2D eigenvalue weighted by atomic mass is 79.9. The second-order valence-corrected chi connectivity index (χ2v) is 6.16. The molecule has 1 amide bonds. The van der Waals surface area contributed by atoms with Crippen LogP contribution in [0.15, 0.2) is 33.7 Å². The third-order valence-electron chi connectivity index (χ3n) is 3.59. The maximum absolute atomic E-state index is 12.2. The number of aryl methyl sites for hydroxylation is 1. The van der Waals surface area contributed by atoms with Crippen molar-refractivity contribution in [3.05, 3.63) is 50.5 Å². The first-order chi connectivity index (χ1) is 11.3. The van der Waals surface area contributed by atoms with Gasteiger partial charge < -0.3 is 14.2 Å². The summed E-state index contributed by atoms with van der Waals surface area (Å²) in [6, 6.07) is 3.27. The highest BCUT2D eigenvalue weighted by molar-refractivity contribution is 9.10. The van der Waals surface area contributed by atoms with E-state index in [1.165, 1.54) is 12.5 Å². The number of aromatic nitrogens is 1. The van der Waals surface area contributed by atoms with Crippen LogP contribution in [0.4, 0.5) is 11.5 Å². The zero-order valence-electron chi connectivity index (χ0n) is 13.5. The number of hydrogen-bond acceptors (Lipinski definition) is 6. The quantitative estimate of drug-likeness (QED) is 0.550. The Hall–Kier alpha value is -2.42. The number of nitrogens with zero attached hydrogens (tertiary/aromatic N) is 4. The summed E-state index contributed by atoms with van der Waals surface area (Å²) in [5, 5.41) is 10.8. The molecular weight excluding hydrogens is 380 g/mol. The molecule has 8 nitrogen and oxygen atoms in total. The fourth-order valence-corrected chi connectivity index (χ4v) is 2.43. The molecular formula is C15H17BrN4O4. The third kappa shape index (κ3) is 4.10. The van der Waals surface area contributed by atoms with Crippen molar-refractivity contribution in [2.24, 2.45) is 0 Å². The lowest BCUT2D eigenvalue weighted by molar-refractivity contribution is -0.385. The van der Waals surface area contributed by atoms with E-state index in [1.54, 1.807) is 31.0 Å². The zero-order valence-corrected chi connectivity index (χ0v) is 15.1. The van der Waals surface area contributed by atoms with E-state index in [4.69, 9.17) is 4.42 Å². The van der Waals surface area contributed by atoms with E-state index in [1.807, 2.05) is 11.9 Å². The largest absolute Gasteiger partial charge is 0.457 e. The Bertz CT molecular complexity index is 762. The first-order valence-electron chi connectivity index (χ1n) is 7.11. The Kier molecular flexibility index (Phi) is 5.55. The molecule has 0 bridgehead atoms. The van der Waals surface area contributed by atoms with Crippen LogP contribution in [0.2, 0.25) is 0 Å². The van der Waals surface area contributed by atoms with Crippen LogP contribution in [0.3, 0.4) is 0 Å². The second kappa shape index (κ2) is 7.43. The van der Waals surface area contributed by atoms with Crippen molar-refractivity contribution in [3.63, 3.8) is 0 Å². The molecule has 128 valence electrons. The maximum atomic E-state index is 12.2. The smallest absolute Gasteiger partial charge is 0.290 e. The number of rotatable bonds is 6. The van der Waals surface area contributed by atoms with E-state index >= 15 is 0 Å². The molecule has 0 aliphatic carbocycles. The second-order valence-electron chi connectivity index (χ2n) is 5.37. The van der Waals surface area contributed by atoms with Gasteiger partial charge in [0.2, 0.25) is 0 Å². The molecule has 0 saturated heterocycles. The molecule has 0 aliphatic heterocycles. The average molecular weight is 397 g/mol. The number of carbonyl (C=O) groups is 1. The van der Waals surface area contributed by atoms with Crippen LogP contribution in [-0.4, -0.2) is 47.9 Å². The summed E-state index contributed by atoms with van der Waals surface area (Å²) in [5.41, 5.74) is 1.01. The lowest BCUT2D eigenvalue weighted by Crippen LogP contribution is -2.35. The molecule has 2 aromatic rings. The van der Waals surface area contributed by atoms with Gasteiger partial charge in [-0.25, -0.2) is 4.98 Å². The van der Waals surface area contributed by atoms with Crippen LogP contribution < -0.4 is 4.90 Å². The molecule has 0 N–H and O–H groups in total. The van der Waals surface area contributed by atoms with E-state index in [9.17, 15) is 14.9 Å². The van der Waals surface area contributed by atoms with Crippen LogP contribution in [0.1, 0.15) is 15.9 Å². The molecule has 0 aromatic carbocycles. The Morgan fingerprint density at radius 1 is 1.38 bits per heavy atom. The van der Waals surface area contributed by atoms with Gasteiger partial charge in [0.05, 0.1) is 10.5 Å². The van der Waals surface area contributed by atoms with Crippen LogP contribution in [-0.2, 0) is 0 Å². The first kappa shape index (κ1) is 17.9. The summed E-state index contributed by atoms with van der Waals surface area (Å²) in [5.74, 6) is 0.468. The standard InChI is InChI=1S/C15H17BrN4O4/c1-10-6-14(17-8-12(10)20(22)23)18(2)4-5-19(3)15(21)11-7-13(16)24-9-11/h6-9H,4-5H2,1-3H3. The predicted octanol–water partition coefficient (Wildman–Crippen LogP) is 2.86. The highest BCUT2D eigenvalue weighted by Crippen LogP contribution is 2.20. The normalized spacial score (nSPS) is 10.5. The lowest BCUT2D eigenvalue weighted by atomic mass is 10.2. The van der Waals surface area contributed by atoms with Crippen LogP contribution in [0.25, 0.3) is 0 Å². The topological polar surface area (TPSA) is 92.7 Å². The van der Waals surface area contributed by atoms with Crippen LogP contribution >= 0.6 is 15.9 Å². The fourth-order valence-electron chi connectivity index (χ4n) is 2.09. The van der Waals surface area contributed by atoms with Crippen molar-refractivity contribution in [2.45, 2.75) is 6.92 Å². The Labute approximate surface area is 147 Å². The Morgan fingerprint density at radius 3 is 2.62 bits per heavy atom. The zero-order chi connectivity index (χ0) is 17.9. The van der Waals surface area contributed by atoms with Gasteiger partial charge in [-0.2, -0.15) is 0 Å². The third-order valence-corrected chi connectivity index (χ3v) is 4.00. The molecule has 0 radical (unpaired) electrons. The van der Waals surface area contributed by atoms with E-state index in [0.717, 1.165) is 0 Å². The van der Waals surface area contributed by atoms with E-state index in [2.05, 4.69) is 20.9 Å². The van der Waals surface area contributed by atoms with Gasteiger partial charge in [0, 0.05) is 38.8 Å². The number of hydrogen-bond donors (Lipinski definition) is 0. The monoisotopic (exact) mass is 396 g/mol. The van der Waals surface area contributed by atoms with Crippen molar-refractivity contribution in [2.75, 3.05) is 32.1 Å². The molecule has 0 unspecified atom stereocenters. The molecule has 0 aliphatic rings. The summed E-state index contributed by atoms with van der Waals surface area (Å²) in [4.78, 5) is 30.1. The Morgan fingerprint density at radius 2 is 2.08 bits per heavy atom. The molecule has 0 saturated carbocycles. The molecule has 24 heavy (non-hydrogen) atoms. The Balaban J connectivity index is 1.97. The number of anilines is 1. The van der Waals surface area contributed by atoms with Crippen molar-refractivity contribution in [3.8, 4) is 0 Å². The average Bonchev–Trinajstić information content (AvgIpc) is 2.97. The fraction of sp³-hybridized carbons (Fsp3) is 0.333. The first-order valence-corrected chi connectivity index (χ1v) is 7.90.